The molecule has 0 aliphatic carbocycles. The second-order valence-electron chi connectivity index (χ2n) is 12.9. The maximum absolute atomic E-state index is 14.3. The van der Waals surface area contributed by atoms with E-state index >= 15 is 0 Å². The van der Waals surface area contributed by atoms with Gasteiger partial charge in [0.2, 0.25) is 0 Å². The number of likely N-dealkylation sites (tertiary alicyclic amines) is 2. The maximum atomic E-state index is 14.3. The van der Waals surface area contributed by atoms with E-state index in [2.05, 4.69) is 0 Å². The average Bonchev–Trinajstić information content (AvgIpc) is 2.91. The molecule has 2 heterocycles. The molecular weight excluding hydrogens is 504 g/mol. The van der Waals surface area contributed by atoms with Crippen molar-refractivity contribution in [2.75, 3.05) is 13.1 Å². The van der Waals surface area contributed by atoms with Gasteiger partial charge in [0.1, 0.15) is 11.2 Å². The van der Waals surface area contributed by atoms with Crippen molar-refractivity contribution in [3.8, 4) is 0 Å². The molecule has 2 saturated heterocycles. The zero-order valence-corrected chi connectivity index (χ0v) is 24.9. The van der Waals surface area contributed by atoms with Crippen molar-refractivity contribution in [3.63, 3.8) is 0 Å². The van der Waals surface area contributed by atoms with Gasteiger partial charge in [0.15, 0.2) is 5.78 Å². The monoisotopic (exact) mass is 548 g/mol. The summed E-state index contributed by atoms with van der Waals surface area (Å²) in [5, 5.41) is 0. The molecule has 4 rings (SSSR count). The molecule has 0 saturated carbocycles. The van der Waals surface area contributed by atoms with Crippen LogP contribution in [0, 0.1) is 0 Å². The molecule has 2 amide bonds. The summed E-state index contributed by atoms with van der Waals surface area (Å²) in [6.45, 7) is 12.4. The smallest absolute Gasteiger partial charge is 0.410 e. The Balaban J connectivity index is 1.69. The summed E-state index contributed by atoms with van der Waals surface area (Å²) in [5.74, 6) is -0.101. The molecule has 2 aliphatic rings. The normalized spacial score (nSPS) is 20.1. The summed E-state index contributed by atoms with van der Waals surface area (Å²) in [6.07, 6.45) is 4.56. The van der Waals surface area contributed by atoms with Crippen molar-refractivity contribution < 1.29 is 23.9 Å². The van der Waals surface area contributed by atoms with Crippen molar-refractivity contribution in [2.45, 2.75) is 103 Å². The molecule has 2 aromatic rings. The Kier molecular flexibility index (Phi) is 8.91. The second-order valence-corrected chi connectivity index (χ2v) is 12.9. The highest BCUT2D eigenvalue weighted by Gasteiger charge is 2.36. The van der Waals surface area contributed by atoms with E-state index in [1.807, 2.05) is 90.1 Å². The van der Waals surface area contributed by atoms with E-state index in [-0.39, 0.29) is 30.1 Å². The molecule has 0 bridgehead atoms. The summed E-state index contributed by atoms with van der Waals surface area (Å²) in [7, 11) is 0. The fourth-order valence-corrected chi connectivity index (χ4v) is 5.72. The third kappa shape index (κ3) is 7.04. The largest absolute Gasteiger partial charge is 0.444 e. The minimum Gasteiger partial charge on any atom is -0.444 e. The van der Waals surface area contributed by atoms with E-state index in [0.29, 0.717) is 24.2 Å². The van der Waals surface area contributed by atoms with Gasteiger partial charge in [-0.2, -0.15) is 0 Å². The number of carbonyl (C=O) groups is 3. The van der Waals surface area contributed by atoms with Gasteiger partial charge in [-0.25, -0.2) is 9.59 Å². The molecule has 0 spiro atoms. The molecule has 216 valence electrons. The number of ketones is 1. The second kappa shape index (κ2) is 12.0. The molecule has 2 atom stereocenters. The van der Waals surface area contributed by atoms with Crippen LogP contribution < -0.4 is 0 Å². The molecule has 0 aromatic heterocycles. The SMILES string of the molecule is CC(C)(C)OC(=O)N1CCCCC1c1ccccc1C(=O)c1ccccc1C1CCCCN1C(=O)OC(C)(C)C. The number of carbonyl (C=O) groups excluding carboxylic acids is 3. The first-order valence-corrected chi connectivity index (χ1v) is 14.6. The Morgan fingerprint density at radius 1 is 0.625 bits per heavy atom. The van der Waals surface area contributed by atoms with Crippen LogP contribution in [-0.4, -0.2) is 52.1 Å². The average molecular weight is 549 g/mol. The molecule has 2 aromatic carbocycles. The zero-order valence-electron chi connectivity index (χ0n) is 24.9. The van der Waals surface area contributed by atoms with Crippen LogP contribution in [0.2, 0.25) is 0 Å². The summed E-state index contributed by atoms with van der Waals surface area (Å²) in [4.78, 5) is 44.2. The summed E-state index contributed by atoms with van der Waals surface area (Å²) >= 11 is 0. The van der Waals surface area contributed by atoms with Gasteiger partial charge in [0, 0.05) is 24.2 Å². The lowest BCUT2D eigenvalue weighted by Gasteiger charge is -2.38. The molecule has 2 fully saturated rings. The van der Waals surface area contributed by atoms with Gasteiger partial charge in [-0.15, -0.1) is 0 Å². The number of hydrogen-bond acceptors (Lipinski definition) is 5. The molecule has 0 radical (unpaired) electrons. The van der Waals surface area contributed by atoms with Crippen LogP contribution in [0.4, 0.5) is 9.59 Å². The van der Waals surface area contributed by atoms with Gasteiger partial charge in [-0.3, -0.25) is 4.79 Å². The van der Waals surface area contributed by atoms with Gasteiger partial charge in [-0.05, 0) is 91.2 Å². The van der Waals surface area contributed by atoms with E-state index < -0.39 is 11.2 Å². The minimum absolute atomic E-state index is 0.101. The van der Waals surface area contributed by atoms with Crippen LogP contribution in [0.15, 0.2) is 48.5 Å². The van der Waals surface area contributed by atoms with Gasteiger partial charge in [-0.1, -0.05) is 48.5 Å². The number of benzene rings is 2. The lowest BCUT2D eigenvalue weighted by Crippen LogP contribution is -2.42. The summed E-state index contributed by atoms with van der Waals surface area (Å²) in [5.41, 5.74) is 1.62. The number of amides is 2. The number of ether oxygens (including phenoxy) is 2. The van der Waals surface area contributed by atoms with E-state index in [1.165, 1.54) is 0 Å². The fourth-order valence-electron chi connectivity index (χ4n) is 5.72. The highest BCUT2D eigenvalue weighted by Crippen LogP contribution is 2.38. The molecule has 2 unspecified atom stereocenters. The molecule has 7 heteroatoms. The Morgan fingerprint density at radius 2 is 1.00 bits per heavy atom. The summed E-state index contributed by atoms with van der Waals surface area (Å²) in [6, 6.07) is 14.7. The molecule has 0 N–H and O–H groups in total. The number of rotatable bonds is 4. The number of piperidine rings is 2. The van der Waals surface area contributed by atoms with Crippen molar-refractivity contribution in [1.29, 1.82) is 0 Å². The van der Waals surface area contributed by atoms with Crippen LogP contribution in [0.25, 0.3) is 0 Å². The first kappa shape index (κ1) is 29.6. The predicted molar refractivity (Wildman–Crippen MR) is 155 cm³/mol. The Hall–Kier alpha value is -3.35. The minimum atomic E-state index is -0.604. The van der Waals surface area contributed by atoms with Crippen molar-refractivity contribution in [3.05, 3.63) is 70.8 Å². The van der Waals surface area contributed by atoms with Crippen LogP contribution in [0.1, 0.15) is 119 Å². The van der Waals surface area contributed by atoms with Gasteiger partial charge >= 0.3 is 12.2 Å². The zero-order chi connectivity index (χ0) is 29.1. The quantitative estimate of drug-likeness (QED) is 0.364. The number of hydrogen-bond donors (Lipinski definition) is 0. The standard InChI is InChI=1S/C33H44N2O5/c1-32(2,3)39-30(37)34-21-13-11-19-27(34)23-15-7-9-17-25(23)29(36)26-18-10-8-16-24(26)28-20-12-14-22-35(28)31(38)40-33(4,5)6/h7-10,15-18,27-28H,11-14,19-22H2,1-6H3. The summed E-state index contributed by atoms with van der Waals surface area (Å²) < 4.78 is 11.5. The third-order valence-electron chi connectivity index (χ3n) is 7.39. The third-order valence-corrected chi connectivity index (χ3v) is 7.39. The Bertz CT molecular complexity index is 1130. The first-order valence-electron chi connectivity index (χ1n) is 14.6. The van der Waals surface area contributed by atoms with Gasteiger partial charge in [0.05, 0.1) is 12.1 Å². The van der Waals surface area contributed by atoms with E-state index in [9.17, 15) is 14.4 Å². The molecular formula is C33H44N2O5. The van der Waals surface area contributed by atoms with Crippen molar-refractivity contribution in [2.24, 2.45) is 0 Å². The topological polar surface area (TPSA) is 76.2 Å². The van der Waals surface area contributed by atoms with Crippen LogP contribution in [0.3, 0.4) is 0 Å². The van der Waals surface area contributed by atoms with Crippen LogP contribution in [0.5, 0.6) is 0 Å². The number of nitrogens with zero attached hydrogens (tertiary/aromatic N) is 2. The van der Waals surface area contributed by atoms with Gasteiger partial charge < -0.3 is 19.3 Å². The van der Waals surface area contributed by atoms with Gasteiger partial charge in [0.25, 0.3) is 0 Å². The van der Waals surface area contributed by atoms with E-state index in [1.54, 1.807) is 9.80 Å². The highest BCUT2D eigenvalue weighted by atomic mass is 16.6. The Labute approximate surface area is 238 Å². The predicted octanol–water partition coefficient (Wildman–Crippen LogP) is 7.84. The van der Waals surface area contributed by atoms with E-state index in [0.717, 1.165) is 49.7 Å². The van der Waals surface area contributed by atoms with Crippen molar-refractivity contribution >= 4 is 18.0 Å². The Morgan fingerprint density at radius 3 is 1.38 bits per heavy atom. The molecule has 40 heavy (non-hydrogen) atoms. The lowest BCUT2D eigenvalue weighted by atomic mass is 9.85. The van der Waals surface area contributed by atoms with Crippen LogP contribution in [-0.2, 0) is 9.47 Å². The van der Waals surface area contributed by atoms with E-state index in [4.69, 9.17) is 9.47 Å². The molecule has 2 aliphatic heterocycles. The van der Waals surface area contributed by atoms with Crippen LogP contribution >= 0.6 is 0 Å². The lowest BCUT2D eigenvalue weighted by molar-refractivity contribution is 0.00856. The maximum Gasteiger partial charge on any atom is 0.410 e. The molecule has 7 nitrogen and oxygen atoms in total. The van der Waals surface area contributed by atoms with Crippen molar-refractivity contribution in [1.82, 2.24) is 9.80 Å². The highest BCUT2D eigenvalue weighted by molar-refractivity contribution is 6.11. The fraction of sp³-hybridized carbons (Fsp3) is 0.545. The first-order chi connectivity index (χ1) is 18.9.